The van der Waals surface area contributed by atoms with Crippen molar-refractivity contribution in [3.63, 3.8) is 0 Å². The second-order valence-corrected chi connectivity index (χ2v) is 8.06. The Morgan fingerprint density at radius 2 is 1.89 bits per heavy atom. The average Bonchev–Trinajstić information content (AvgIpc) is 3.27. The van der Waals surface area contributed by atoms with Gasteiger partial charge in [-0.05, 0) is 31.2 Å². The Morgan fingerprint density at radius 3 is 2.64 bits per heavy atom. The summed E-state index contributed by atoms with van der Waals surface area (Å²) in [5, 5.41) is 14.1. The van der Waals surface area contributed by atoms with Gasteiger partial charge in [0.05, 0.1) is 16.4 Å². The molecule has 9 heteroatoms. The summed E-state index contributed by atoms with van der Waals surface area (Å²) in [7, 11) is 0. The molecule has 0 amide bonds. The van der Waals surface area contributed by atoms with E-state index in [4.69, 9.17) is 11.6 Å². The highest BCUT2D eigenvalue weighted by Gasteiger charge is 2.15. The van der Waals surface area contributed by atoms with Gasteiger partial charge >= 0.3 is 5.56 Å². The van der Waals surface area contributed by atoms with Crippen LogP contribution in [0, 0.1) is 6.92 Å². The van der Waals surface area contributed by atoms with Crippen LogP contribution in [0.1, 0.15) is 5.69 Å². The first-order valence-corrected chi connectivity index (χ1v) is 10.3. The lowest BCUT2D eigenvalue weighted by Gasteiger charge is -1.97. The Balaban J connectivity index is 1.67. The monoisotopic (exact) mass is 473 g/mol. The number of thiazole rings is 1. The molecule has 0 saturated carbocycles. The van der Waals surface area contributed by atoms with Crippen LogP contribution in [0.3, 0.4) is 0 Å². The summed E-state index contributed by atoms with van der Waals surface area (Å²) in [6, 6.07) is 14.9. The van der Waals surface area contributed by atoms with Gasteiger partial charge in [0.25, 0.3) is 0 Å². The van der Waals surface area contributed by atoms with E-state index in [9.17, 15) is 4.79 Å². The largest absolute Gasteiger partial charge is 0.301 e. The molecule has 0 bridgehead atoms. The van der Waals surface area contributed by atoms with Crippen molar-refractivity contribution < 1.29 is 0 Å². The number of nitrogens with zero attached hydrogens (tertiary/aromatic N) is 4. The van der Waals surface area contributed by atoms with Crippen LogP contribution in [0.25, 0.3) is 16.4 Å². The maximum atomic E-state index is 12.8. The number of benzene rings is 2. The number of azo groups is 1. The fourth-order valence-electron chi connectivity index (χ4n) is 2.55. The first-order valence-electron chi connectivity index (χ1n) is 8.22. The summed E-state index contributed by atoms with van der Waals surface area (Å²) >= 11 is 10.9. The van der Waals surface area contributed by atoms with Crippen LogP contribution < -0.4 is 5.56 Å². The third kappa shape index (κ3) is 3.71. The molecule has 0 fully saturated rings. The van der Waals surface area contributed by atoms with E-state index in [0.29, 0.717) is 21.5 Å². The van der Waals surface area contributed by atoms with Crippen LogP contribution in [0.15, 0.2) is 73.4 Å². The van der Waals surface area contributed by atoms with E-state index in [-0.39, 0.29) is 11.2 Å². The Morgan fingerprint density at radius 1 is 1.14 bits per heavy atom. The number of aryl methyl sites for hydroxylation is 1. The number of rotatable bonds is 4. The van der Waals surface area contributed by atoms with E-state index >= 15 is 0 Å². The molecule has 2 heterocycles. The zero-order valence-electron chi connectivity index (χ0n) is 14.6. The third-order valence-electron chi connectivity index (χ3n) is 3.97. The topological polar surface area (TPSA) is 75.4 Å². The molecule has 1 N–H and O–H groups in total. The first kappa shape index (κ1) is 18.8. The van der Waals surface area contributed by atoms with Crippen molar-refractivity contribution in [1.29, 1.82) is 0 Å². The van der Waals surface area contributed by atoms with Crippen LogP contribution in [-0.4, -0.2) is 14.8 Å². The van der Waals surface area contributed by atoms with Crippen LogP contribution in [0.2, 0.25) is 5.02 Å². The Bertz CT molecular complexity index is 1230. The van der Waals surface area contributed by atoms with Crippen molar-refractivity contribution in [3.05, 3.63) is 79.5 Å². The SMILES string of the molecule is Cc1[nH]n(-c2nc(-c3ccc(Br)cc3)cs2)c(=O)c1N=Nc1ccccc1Cl. The van der Waals surface area contributed by atoms with Crippen molar-refractivity contribution in [1.82, 2.24) is 14.8 Å². The molecule has 0 saturated heterocycles. The fraction of sp³-hybridized carbons (Fsp3) is 0.0526. The molecule has 4 aromatic rings. The van der Waals surface area contributed by atoms with Crippen LogP contribution in [0.5, 0.6) is 0 Å². The lowest BCUT2D eigenvalue weighted by atomic mass is 10.2. The van der Waals surface area contributed by atoms with Crippen LogP contribution >= 0.6 is 38.9 Å². The van der Waals surface area contributed by atoms with E-state index in [0.717, 1.165) is 15.7 Å². The number of H-pyrrole nitrogens is 1. The fourth-order valence-corrected chi connectivity index (χ4v) is 3.78. The van der Waals surface area contributed by atoms with E-state index in [1.807, 2.05) is 35.7 Å². The van der Waals surface area contributed by atoms with Crippen molar-refractivity contribution >= 4 is 50.2 Å². The van der Waals surface area contributed by atoms with Crippen molar-refractivity contribution in [2.75, 3.05) is 0 Å². The number of aromatic nitrogens is 3. The molecule has 28 heavy (non-hydrogen) atoms. The van der Waals surface area contributed by atoms with E-state index in [1.54, 1.807) is 25.1 Å². The second kappa shape index (κ2) is 7.83. The van der Waals surface area contributed by atoms with Crippen LogP contribution in [0.4, 0.5) is 11.4 Å². The minimum atomic E-state index is -0.315. The minimum Gasteiger partial charge on any atom is -0.291 e. The Labute approximate surface area is 177 Å². The Kier molecular flexibility index (Phi) is 5.25. The molecule has 0 atom stereocenters. The van der Waals surface area contributed by atoms with E-state index < -0.39 is 0 Å². The molecule has 0 unspecified atom stereocenters. The summed E-state index contributed by atoms with van der Waals surface area (Å²) in [5.74, 6) is 0. The number of hydrogen-bond acceptors (Lipinski definition) is 5. The molecule has 6 nitrogen and oxygen atoms in total. The second-order valence-electron chi connectivity index (χ2n) is 5.90. The molecule has 0 radical (unpaired) electrons. The smallest absolute Gasteiger partial charge is 0.291 e. The molecule has 0 aliphatic rings. The highest BCUT2D eigenvalue weighted by atomic mass is 79.9. The van der Waals surface area contributed by atoms with E-state index in [2.05, 4.69) is 36.2 Å². The molecular formula is C19H13BrClN5OS. The molecule has 0 aliphatic carbocycles. The van der Waals surface area contributed by atoms with Gasteiger partial charge in [0.15, 0.2) is 5.69 Å². The summed E-state index contributed by atoms with van der Waals surface area (Å²) in [4.78, 5) is 17.4. The molecule has 140 valence electrons. The predicted molar refractivity (Wildman–Crippen MR) is 116 cm³/mol. The van der Waals surface area contributed by atoms with Crippen molar-refractivity contribution in [2.24, 2.45) is 10.2 Å². The van der Waals surface area contributed by atoms with Crippen LogP contribution in [-0.2, 0) is 0 Å². The zero-order valence-corrected chi connectivity index (χ0v) is 17.7. The predicted octanol–water partition coefficient (Wildman–Crippen LogP) is 6.43. The maximum absolute atomic E-state index is 12.8. The Hall–Kier alpha value is -2.55. The maximum Gasteiger partial charge on any atom is 0.301 e. The van der Waals surface area contributed by atoms with Crippen molar-refractivity contribution in [2.45, 2.75) is 6.92 Å². The van der Waals surface area contributed by atoms with Gasteiger partial charge in [-0.3, -0.25) is 9.89 Å². The standard InChI is InChI=1S/C19H13BrClN5OS/c1-11-17(24-23-15-5-3-2-4-14(15)21)18(27)26(25-11)19-22-16(10-28-19)12-6-8-13(20)9-7-12/h2-10,25H,1H3. The van der Waals surface area contributed by atoms with E-state index in [1.165, 1.54) is 16.0 Å². The van der Waals surface area contributed by atoms with Gasteiger partial charge in [-0.15, -0.1) is 21.6 Å². The number of aromatic amines is 1. The van der Waals surface area contributed by atoms with Gasteiger partial charge in [-0.25, -0.2) is 4.98 Å². The third-order valence-corrected chi connectivity index (χ3v) is 5.65. The summed E-state index contributed by atoms with van der Waals surface area (Å²) in [6.07, 6.45) is 0. The van der Waals surface area contributed by atoms with Gasteiger partial charge in [0, 0.05) is 15.4 Å². The first-order chi connectivity index (χ1) is 13.5. The average molecular weight is 475 g/mol. The lowest BCUT2D eigenvalue weighted by Crippen LogP contribution is -2.13. The molecule has 0 spiro atoms. The van der Waals surface area contributed by atoms with Gasteiger partial charge in [0.2, 0.25) is 5.13 Å². The lowest BCUT2D eigenvalue weighted by molar-refractivity contribution is 0.827. The zero-order chi connectivity index (χ0) is 19.7. The molecule has 0 aliphatic heterocycles. The molecule has 4 rings (SSSR count). The normalized spacial score (nSPS) is 11.4. The number of nitrogens with one attached hydrogen (secondary N) is 1. The summed E-state index contributed by atoms with van der Waals surface area (Å²) < 4.78 is 2.37. The summed E-state index contributed by atoms with van der Waals surface area (Å²) in [5.41, 5.74) is 2.78. The highest BCUT2D eigenvalue weighted by molar-refractivity contribution is 9.10. The highest BCUT2D eigenvalue weighted by Crippen LogP contribution is 2.27. The minimum absolute atomic E-state index is 0.223. The molecule has 2 aromatic carbocycles. The number of halogens is 2. The van der Waals surface area contributed by atoms with Gasteiger partial charge in [0.1, 0.15) is 5.69 Å². The van der Waals surface area contributed by atoms with Gasteiger partial charge in [-0.2, -0.15) is 4.68 Å². The molecule has 2 aromatic heterocycles. The van der Waals surface area contributed by atoms with Crippen molar-refractivity contribution in [3.8, 4) is 16.4 Å². The molecular weight excluding hydrogens is 462 g/mol. The number of hydrogen-bond donors (Lipinski definition) is 1. The summed E-state index contributed by atoms with van der Waals surface area (Å²) in [6.45, 7) is 1.77. The van der Waals surface area contributed by atoms with Gasteiger partial charge < -0.3 is 0 Å². The quantitative estimate of drug-likeness (QED) is 0.346. The van der Waals surface area contributed by atoms with Gasteiger partial charge in [-0.1, -0.05) is 51.8 Å².